The van der Waals surface area contributed by atoms with Gasteiger partial charge in [0.05, 0.1) is 45.2 Å². The molecule has 0 saturated heterocycles. The van der Waals surface area contributed by atoms with Crippen molar-refractivity contribution >= 4 is 39.3 Å². The molecule has 0 aliphatic carbocycles. The number of rotatable bonds is 5. The van der Waals surface area contributed by atoms with E-state index in [-0.39, 0.29) is 11.8 Å². The van der Waals surface area contributed by atoms with Crippen molar-refractivity contribution in [3.63, 3.8) is 0 Å². The van der Waals surface area contributed by atoms with E-state index in [2.05, 4.69) is 42.0 Å². The lowest BCUT2D eigenvalue weighted by molar-refractivity contribution is 0.0926. The third-order valence-electron chi connectivity index (χ3n) is 9.56. The number of carbonyl (C=O) groups excluding carboxylic acids is 2. The number of fused-ring (bicyclic) bond motifs is 4. The molecule has 2 heterocycles. The van der Waals surface area contributed by atoms with Crippen LogP contribution in [-0.4, -0.2) is 16.4 Å². The Morgan fingerprint density at radius 2 is 1.07 bits per heavy atom. The minimum atomic E-state index is -0.362. The third kappa shape index (κ3) is 6.72. The summed E-state index contributed by atoms with van der Waals surface area (Å²) in [4.78, 5) is 30.6. The lowest BCUT2D eigenvalue weighted by Gasteiger charge is -2.20. The average molecular weight is 726 g/mol. The molecule has 0 radical (unpaired) electrons. The van der Waals surface area contributed by atoms with E-state index < -0.39 is 0 Å². The van der Waals surface area contributed by atoms with Gasteiger partial charge in [0.25, 0.3) is 11.8 Å². The number of hydrogen-bond donors (Lipinski definition) is 0. The molecule has 1 aliphatic rings. The topological polar surface area (TPSA) is 66.1 Å². The highest BCUT2D eigenvalue weighted by molar-refractivity contribution is 6.36. The Bertz CT molecular complexity index is 2800. The summed E-state index contributed by atoms with van der Waals surface area (Å²) < 4.78 is 2.09. The molecule has 1 aliphatic heterocycles. The third-order valence-corrected chi connectivity index (χ3v) is 9.56. The predicted octanol–water partition coefficient (Wildman–Crippen LogP) is 12.8. The van der Waals surface area contributed by atoms with Gasteiger partial charge < -0.3 is 4.57 Å². The molecule has 0 saturated carbocycles. The van der Waals surface area contributed by atoms with Gasteiger partial charge in [-0.1, -0.05) is 127 Å². The van der Waals surface area contributed by atoms with Crippen molar-refractivity contribution in [3.05, 3.63) is 206 Å². The molecule has 0 N–H and O–H groups in total. The summed E-state index contributed by atoms with van der Waals surface area (Å²) in [7, 11) is 0. The van der Waals surface area contributed by atoms with Crippen molar-refractivity contribution in [3.8, 4) is 45.1 Å². The van der Waals surface area contributed by atoms with Gasteiger partial charge in [0.15, 0.2) is 0 Å². The Balaban J connectivity index is 0.000000755. The summed E-state index contributed by atoms with van der Waals surface area (Å²) in [6.07, 6.45) is 3.50. The van der Waals surface area contributed by atoms with Crippen molar-refractivity contribution in [1.29, 1.82) is 5.26 Å². The Morgan fingerprint density at radius 1 is 0.500 bits per heavy atom. The molecule has 9 rings (SSSR count). The average Bonchev–Trinajstić information content (AvgIpc) is 3.71. The van der Waals surface area contributed by atoms with Gasteiger partial charge in [0.1, 0.15) is 0 Å². The summed E-state index contributed by atoms with van der Waals surface area (Å²) in [6, 6.07) is 55.5. The zero-order valence-corrected chi connectivity index (χ0v) is 31.3. The number of hydrogen-bond acceptors (Lipinski definition) is 3. The van der Waals surface area contributed by atoms with Crippen molar-refractivity contribution in [2.24, 2.45) is 0 Å². The molecule has 0 spiro atoms. The SMILES string of the molecule is C=CC.C=CC.N#Cc1cccc(-c2ccc3c(c2)c2ccccc2n3-c2cccc3c2C(=O)N(c2cc(-c4ccccc4)ccc2-c2ccccc2)C3=O)c1. The molecule has 8 aromatic rings. The summed E-state index contributed by atoms with van der Waals surface area (Å²) >= 11 is 0. The number of anilines is 1. The lowest BCUT2D eigenvalue weighted by Crippen LogP contribution is -2.30. The second kappa shape index (κ2) is 16.2. The second-order valence-electron chi connectivity index (χ2n) is 13.2. The highest BCUT2D eigenvalue weighted by Gasteiger charge is 2.40. The van der Waals surface area contributed by atoms with Gasteiger partial charge in [-0.05, 0) is 90.2 Å². The highest BCUT2D eigenvalue weighted by atomic mass is 16.2. The van der Waals surface area contributed by atoms with E-state index in [0.717, 1.165) is 55.2 Å². The van der Waals surface area contributed by atoms with E-state index >= 15 is 0 Å². The maximum absolute atomic E-state index is 14.8. The standard InChI is InChI=1S/C45H27N3O2.2C3H6/c46-28-29-11-9-16-32(25-29)33-22-24-40-38(26-33)36-17-7-8-19-39(36)47(40)41-20-10-18-37-43(41)45(50)48(44(37)49)42-27-34(30-12-3-1-4-13-30)21-23-35(42)31-14-5-2-6-15-31;2*1-3-2/h1-27H;2*3H,1H2,2H3. The van der Waals surface area contributed by atoms with E-state index in [1.54, 1.807) is 24.3 Å². The molecule has 270 valence electrons. The van der Waals surface area contributed by atoms with Gasteiger partial charge in [-0.2, -0.15) is 5.26 Å². The molecule has 0 unspecified atom stereocenters. The molecular weight excluding hydrogens is 687 g/mol. The summed E-state index contributed by atoms with van der Waals surface area (Å²) in [5, 5.41) is 11.5. The monoisotopic (exact) mass is 725 g/mol. The van der Waals surface area contributed by atoms with Crippen molar-refractivity contribution < 1.29 is 9.59 Å². The molecule has 56 heavy (non-hydrogen) atoms. The highest BCUT2D eigenvalue weighted by Crippen LogP contribution is 2.42. The van der Waals surface area contributed by atoms with Crippen LogP contribution in [0.2, 0.25) is 0 Å². The molecule has 5 heteroatoms. The summed E-state index contributed by atoms with van der Waals surface area (Å²) in [6.45, 7) is 10.5. The minimum Gasteiger partial charge on any atom is -0.308 e. The molecule has 1 aromatic heterocycles. The first-order valence-electron chi connectivity index (χ1n) is 18.4. The fraction of sp³-hybridized carbons (Fsp3) is 0.0392. The Labute approximate surface area is 327 Å². The number of benzene rings is 7. The zero-order chi connectivity index (χ0) is 39.2. The maximum atomic E-state index is 14.8. The van der Waals surface area contributed by atoms with Crippen LogP contribution in [0.5, 0.6) is 0 Å². The smallest absolute Gasteiger partial charge is 0.268 e. The maximum Gasteiger partial charge on any atom is 0.268 e. The number of aromatic nitrogens is 1. The quantitative estimate of drug-likeness (QED) is 0.131. The number of nitrogens with zero attached hydrogens (tertiary/aromatic N) is 3. The minimum absolute atomic E-state index is 0.352. The van der Waals surface area contributed by atoms with Crippen LogP contribution in [0.25, 0.3) is 60.9 Å². The number of carbonyl (C=O) groups is 2. The summed E-state index contributed by atoms with van der Waals surface area (Å²) in [5.74, 6) is -0.714. The van der Waals surface area contributed by atoms with Crippen molar-refractivity contribution in [1.82, 2.24) is 4.57 Å². The molecule has 5 nitrogen and oxygen atoms in total. The number of imide groups is 1. The number of nitriles is 1. The van der Waals surface area contributed by atoms with E-state index in [4.69, 9.17) is 0 Å². The van der Waals surface area contributed by atoms with Gasteiger partial charge in [0.2, 0.25) is 0 Å². The van der Waals surface area contributed by atoms with Crippen molar-refractivity contribution in [2.45, 2.75) is 13.8 Å². The molecule has 0 atom stereocenters. The van der Waals surface area contributed by atoms with E-state index in [1.165, 1.54) is 4.90 Å². The fourth-order valence-electron chi connectivity index (χ4n) is 7.24. The van der Waals surface area contributed by atoms with Crippen LogP contribution in [0.1, 0.15) is 40.1 Å². The van der Waals surface area contributed by atoms with Crippen LogP contribution >= 0.6 is 0 Å². The number of para-hydroxylation sites is 1. The van der Waals surface area contributed by atoms with E-state index in [9.17, 15) is 14.9 Å². The summed E-state index contributed by atoms with van der Waals surface area (Å²) in [5.41, 5.74) is 9.92. The van der Waals surface area contributed by atoms with E-state index in [0.29, 0.717) is 28.1 Å². The van der Waals surface area contributed by atoms with Gasteiger partial charge in [-0.15, -0.1) is 13.2 Å². The van der Waals surface area contributed by atoms with Gasteiger partial charge in [-0.3, -0.25) is 9.59 Å². The predicted molar refractivity (Wildman–Crippen MR) is 231 cm³/mol. The van der Waals surface area contributed by atoms with Crippen LogP contribution in [0.3, 0.4) is 0 Å². The van der Waals surface area contributed by atoms with Gasteiger partial charge in [0, 0.05) is 16.3 Å². The van der Waals surface area contributed by atoms with Crippen LogP contribution in [0.4, 0.5) is 5.69 Å². The first kappa shape index (κ1) is 36.8. The number of amides is 2. The fourth-order valence-corrected chi connectivity index (χ4v) is 7.24. The Hall–Kier alpha value is -7.55. The van der Waals surface area contributed by atoms with Crippen LogP contribution in [0, 0.1) is 11.3 Å². The molecule has 2 amide bonds. The molecule has 0 bridgehead atoms. The number of allylic oxidation sites excluding steroid dienone is 2. The second-order valence-corrected chi connectivity index (χ2v) is 13.2. The van der Waals surface area contributed by atoms with Crippen molar-refractivity contribution in [2.75, 3.05) is 4.90 Å². The Kier molecular flexibility index (Phi) is 10.7. The molecular formula is C51H39N3O2. The van der Waals surface area contributed by atoms with Gasteiger partial charge >= 0.3 is 0 Å². The molecule has 0 fully saturated rings. The van der Waals surface area contributed by atoms with E-state index in [1.807, 2.05) is 147 Å². The lowest BCUT2D eigenvalue weighted by atomic mass is 9.97. The van der Waals surface area contributed by atoms with Crippen LogP contribution in [-0.2, 0) is 0 Å². The molecule has 7 aromatic carbocycles. The Morgan fingerprint density at radius 3 is 1.79 bits per heavy atom. The zero-order valence-electron chi connectivity index (χ0n) is 31.3. The van der Waals surface area contributed by atoms with Crippen LogP contribution < -0.4 is 4.90 Å². The van der Waals surface area contributed by atoms with Gasteiger partial charge in [-0.25, -0.2) is 4.90 Å². The normalized spacial score (nSPS) is 11.6. The van der Waals surface area contributed by atoms with Crippen LogP contribution in [0.15, 0.2) is 189 Å². The first-order valence-corrected chi connectivity index (χ1v) is 18.4. The largest absolute Gasteiger partial charge is 0.308 e. The first-order chi connectivity index (χ1) is 27.4.